The van der Waals surface area contributed by atoms with Crippen molar-refractivity contribution in [2.24, 2.45) is 0 Å². The van der Waals surface area contributed by atoms with Gasteiger partial charge in [-0.2, -0.15) is 0 Å². The van der Waals surface area contributed by atoms with Crippen LogP contribution in [0.2, 0.25) is 0 Å². The molecule has 1 aliphatic heterocycles. The summed E-state index contributed by atoms with van der Waals surface area (Å²) in [5.41, 5.74) is 0.528. The summed E-state index contributed by atoms with van der Waals surface area (Å²) in [6.45, 7) is 8.31. The summed E-state index contributed by atoms with van der Waals surface area (Å²) >= 11 is 0. The summed E-state index contributed by atoms with van der Waals surface area (Å²) in [5.74, 6) is 2.15. The second kappa shape index (κ2) is 31.6. The Morgan fingerprint density at radius 1 is 0.625 bits per heavy atom. The Morgan fingerprint density at radius 2 is 1.12 bits per heavy atom. The van der Waals surface area contributed by atoms with Gasteiger partial charge in [0.1, 0.15) is 32.3 Å². The van der Waals surface area contributed by atoms with Crippen molar-refractivity contribution in [3.05, 3.63) is 48.0 Å². The fourth-order valence-electron chi connectivity index (χ4n) is 6.43. The Bertz CT molecular complexity index is 1300. The first-order chi connectivity index (χ1) is 27.5. The van der Waals surface area contributed by atoms with Gasteiger partial charge in [0.15, 0.2) is 17.6 Å². The predicted molar refractivity (Wildman–Crippen MR) is 220 cm³/mol. The quantitative estimate of drug-likeness (QED) is 0.0704. The maximum absolute atomic E-state index is 12.6. The molecule has 2 unspecified atom stereocenters. The Balaban J connectivity index is 1.50. The van der Waals surface area contributed by atoms with Gasteiger partial charge in [-0.25, -0.2) is 0 Å². The van der Waals surface area contributed by atoms with E-state index >= 15 is 0 Å². The molecule has 0 aromatic heterocycles. The molecule has 1 aliphatic rings. The maximum Gasteiger partial charge on any atom is 0.161 e. The Morgan fingerprint density at radius 3 is 1.70 bits per heavy atom. The first-order valence-corrected chi connectivity index (χ1v) is 23.3. The summed E-state index contributed by atoms with van der Waals surface area (Å²) in [4.78, 5) is 12.6. The minimum atomic E-state index is -4.09. The minimum absolute atomic E-state index is 0.0790. The van der Waals surface area contributed by atoms with E-state index in [-0.39, 0.29) is 26.0 Å². The van der Waals surface area contributed by atoms with Gasteiger partial charge in [0, 0.05) is 12.2 Å². The van der Waals surface area contributed by atoms with Gasteiger partial charge < -0.3 is 51.9 Å². The van der Waals surface area contributed by atoms with Gasteiger partial charge >= 0.3 is 0 Å². The van der Waals surface area contributed by atoms with Crippen molar-refractivity contribution in [3.8, 4) is 23.0 Å². The van der Waals surface area contributed by atoms with E-state index in [0.717, 1.165) is 12.8 Å². The van der Waals surface area contributed by atoms with Crippen LogP contribution in [0.1, 0.15) is 122 Å². The molecule has 2 aromatic carbocycles. The third-order valence-corrected chi connectivity index (χ3v) is 10.8. The van der Waals surface area contributed by atoms with E-state index in [1.807, 2.05) is 24.3 Å². The fraction of sp³-hybridized carbons (Fsp3) is 0.727. The molecule has 12 heteroatoms. The summed E-state index contributed by atoms with van der Waals surface area (Å²) in [5, 5.41) is 0. The van der Waals surface area contributed by atoms with Gasteiger partial charge in [0.25, 0.3) is 0 Å². The van der Waals surface area contributed by atoms with Crippen LogP contribution in [0.3, 0.4) is 0 Å². The van der Waals surface area contributed by atoms with Gasteiger partial charge in [-0.15, -0.1) is 0 Å². The van der Waals surface area contributed by atoms with E-state index in [1.165, 1.54) is 89.9 Å². The van der Waals surface area contributed by atoms with E-state index in [4.69, 9.17) is 42.4 Å². The van der Waals surface area contributed by atoms with E-state index in [9.17, 15) is 9.46 Å². The maximum atomic E-state index is 12.6. The molecule has 0 bridgehead atoms. The van der Waals surface area contributed by atoms with Crippen LogP contribution in [0.25, 0.3) is 0 Å². The van der Waals surface area contributed by atoms with Gasteiger partial charge in [-0.3, -0.25) is 0 Å². The fourth-order valence-corrected chi connectivity index (χ4v) is 7.55. The van der Waals surface area contributed by atoms with E-state index in [2.05, 4.69) is 6.92 Å². The summed E-state index contributed by atoms with van der Waals surface area (Å²) in [7, 11) is -4.09. The molecule has 11 nitrogen and oxygen atoms in total. The molecule has 0 fully saturated rings. The monoisotopic (exact) mass is 807 g/mol. The highest BCUT2D eigenvalue weighted by Gasteiger charge is 2.18. The zero-order chi connectivity index (χ0) is 39.8. The van der Waals surface area contributed by atoms with Crippen LogP contribution in [0.15, 0.2) is 42.5 Å². The smallest absolute Gasteiger partial charge is 0.161 e. The van der Waals surface area contributed by atoms with Crippen LogP contribution < -0.4 is 23.8 Å². The number of hydrogen-bond acceptors (Lipinski definition) is 11. The lowest BCUT2D eigenvalue weighted by Crippen LogP contribution is -2.31. The number of ether oxygens (including phenoxy) is 8. The lowest BCUT2D eigenvalue weighted by Gasteiger charge is -2.24. The van der Waals surface area contributed by atoms with E-state index in [0.29, 0.717) is 88.0 Å². The molecule has 56 heavy (non-hydrogen) atoms. The lowest BCUT2D eigenvalue weighted by molar-refractivity contribution is -0.198. The van der Waals surface area contributed by atoms with Crippen molar-refractivity contribution in [3.63, 3.8) is 0 Å². The lowest BCUT2D eigenvalue weighted by atomic mass is 10.0. The molecule has 0 spiro atoms. The molecule has 320 valence electrons. The van der Waals surface area contributed by atoms with Crippen LogP contribution in [0.5, 0.6) is 23.0 Å². The second-order valence-electron chi connectivity index (χ2n) is 14.4. The number of para-hydroxylation sites is 2. The SMILES string of the molecule is CCCCCCCCCCCCCCCCCCOc1cc(CP(=O)([O-])OCC)cc(OCC2COCCOCCOCCOCCOc3ccccc3O2)c1. The van der Waals surface area contributed by atoms with Crippen LogP contribution in [0.4, 0.5) is 0 Å². The van der Waals surface area contributed by atoms with Crippen LogP contribution in [0, 0.1) is 0 Å². The number of benzene rings is 2. The highest BCUT2D eigenvalue weighted by atomic mass is 31.2. The Labute approximate surface area is 337 Å². The van der Waals surface area contributed by atoms with Gasteiger partial charge in [-0.05, 0) is 43.2 Å². The first-order valence-electron chi connectivity index (χ1n) is 21.5. The van der Waals surface area contributed by atoms with Crippen LogP contribution in [-0.2, 0) is 34.2 Å². The van der Waals surface area contributed by atoms with Gasteiger partial charge in [-0.1, -0.05) is 115 Å². The largest absolute Gasteiger partial charge is 0.778 e. The van der Waals surface area contributed by atoms with Crippen molar-refractivity contribution in [2.75, 3.05) is 79.3 Å². The van der Waals surface area contributed by atoms with Crippen molar-refractivity contribution < 1.29 is 51.9 Å². The molecule has 0 aliphatic carbocycles. The molecule has 2 aromatic rings. The van der Waals surface area contributed by atoms with Crippen molar-refractivity contribution in [1.29, 1.82) is 0 Å². The van der Waals surface area contributed by atoms with Crippen LogP contribution in [-0.4, -0.2) is 85.4 Å². The third-order valence-electron chi connectivity index (χ3n) is 9.39. The Kier molecular flexibility index (Phi) is 27.1. The third kappa shape index (κ3) is 23.8. The number of hydrogen-bond donors (Lipinski definition) is 0. The van der Waals surface area contributed by atoms with Crippen LogP contribution >= 0.6 is 7.60 Å². The normalized spacial score (nSPS) is 17.4. The summed E-state index contributed by atoms with van der Waals surface area (Å²) in [6, 6.07) is 12.7. The zero-order valence-corrected chi connectivity index (χ0v) is 35.5. The molecule has 0 saturated carbocycles. The molecule has 0 saturated heterocycles. The molecular formula is C44H72O11P-. The first kappa shape index (κ1) is 48.0. The van der Waals surface area contributed by atoms with Crippen molar-refractivity contribution in [1.82, 2.24) is 0 Å². The van der Waals surface area contributed by atoms with Gasteiger partial charge in [0.05, 0.1) is 66.1 Å². The summed E-state index contributed by atoms with van der Waals surface area (Å²) < 4.78 is 65.2. The minimum Gasteiger partial charge on any atom is -0.778 e. The molecule has 0 radical (unpaired) electrons. The molecule has 3 rings (SSSR count). The zero-order valence-electron chi connectivity index (χ0n) is 34.6. The van der Waals surface area contributed by atoms with E-state index in [1.54, 1.807) is 25.1 Å². The topological polar surface area (TPSA) is 123 Å². The molecule has 1 heterocycles. The standard InChI is InChI=1S/C44H73O11P/c1-3-5-6-7-8-9-10-11-12-13-14-15-16-17-18-21-24-51-40-33-39(38-56(45,46)54-4-2)34-41(35-40)53-37-42-36-50-30-29-48-26-25-47-27-28-49-31-32-52-43-22-19-20-23-44(43)55-42/h19-20,22-23,33-35,42H,3-18,21,24-32,36-38H2,1-2H3,(H,45,46)/p-1. The average molecular weight is 808 g/mol. The average Bonchev–Trinajstić information content (AvgIpc) is 3.18. The highest BCUT2D eigenvalue weighted by Crippen LogP contribution is 2.42. The summed E-state index contributed by atoms with van der Waals surface area (Å²) in [6.07, 6.45) is 20.1. The predicted octanol–water partition coefficient (Wildman–Crippen LogP) is 9.70. The second-order valence-corrected chi connectivity index (χ2v) is 16.2. The molecule has 0 N–H and O–H groups in total. The van der Waals surface area contributed by atoms with Crippen molar-refractivity contribution >= 4 is 7.60 Å². The number of unbranched alkanes of at least 4 members (excludes halogenated alkanes) is 15. The molecular weight excluding hydrogens is 735 g/mol. The molecule has 0 amide bonds. The number of rotatable bonds is 25. The molecule has 2 atom stereocenters. The van der Waals surface area contributed by atoms with E-state index < -0.39 is 13.7 Å². The van der Waals surface area contributed by atoms with Crippen molar-refractivity contribution in [2.45, 2.75) is 129 Å². The van der Waals surface area contributed by atoms with Gasteiger partial charge in [0.2, 0.25) is 0 Å². The Hall–Kier alpha value is -2.37. The highest BCUT2D eigenvalue weighted by molar-refractivity contribution is 7.50. The number of fused-ring (bicyclic) bond motifs is 1.